The molecule has 112 valence electrons. The van der Waals surface area contributed by atoms with Crippen molar-refractivity contribution < 1.29 is 4.74 Å². The molecule has 1 saturated carbocycles. The summed E-state index contributed by atoms with van der Waals surface area (Å²) in [6.07, 6.45) is 9.62. The summed E-state index contributed by atoms with van der Waals surface area (Å²) in [5.74, 6) is 0. The highest BCUT2D eigenvalue weighted by Gasteiger charge is 2.35. The number of hydrogen-bond acceptors (Lipinski definition) is 3. The molecule has 1 N–H and O–H groups in total. The van der Waals surface area contributed by atoms with E-state index in [1.807, 2.05) is 0 Å². The van der Waals surface area contributed by atoms with Crippen LogP contribution in [0.25, 0.3) is 0 Å². The number of nitrogens with zero attached hydrogens (tertiary/aromatic N) is 1. The fourth-order valence-corrected chi connectivity index (χ4v) is 3.80. The van der Waals surface area contributed by atoms with Gasteiger partial charge in [-0.05, 0) is 39.3 Å². The van der Waals surface area contributed by atoms with Crippen LogP contribution < -0.4 is 5.32 Å². The quantitative estimate of drug-likeness (QED) is 0.801. The van der Waals surface area contributed by atoms with Crippen molar-refractivity contribution in [2.45, 2.75) is 57.9 Å². The molecule has 0 aromatic rings. The highest BCUT2D eigenvalue weighted by atomic mass is 16.5. The summed E-state index contributed by atoms with van der Waals surface area (Å²) in [7, 11) is 2.33. The summed E-state index contributed by atoms with van der Waals surface area (Å²) in [6, 6.07) is 0.814. The van der Waals surface area contributed by atoms with Crippen molar-refractivity contribution in [3.63, 3.8) is 0 Å². The molecular formula is C16H32N2O. The highest BCUT2D eigenvalue weighted by Crippen LogP contribution is 2.31. The molecule has 3 heteroatoms. The number of nitrogens with one attached hydrogen (secondary N) is 1. The number of ether oxygens (including phenoxy) is 1. The van der Waals surface area contributed by atoms with Crippen LogP contribution in [0.3, 0.4) is 0 Å². The first-order valence-electron chi connectivity index (χ1n) is 8.24. The van der Waals surface area contributed by atoms with Crippen molar-refractivity contribution in [3.05, 3.63) is 0 Å². The van der Waals surface area contributed by atoms with Gasteiger partial charge < -0.3 is 15.0 Å². The zero-order chi connectivity index (χ0) is 13.6. The Morgan fingerprint density at radius 2 is 2.00 bits per heavy atom. The first-order valence-corrected chi connectivity index (χ1v) is 8.24. The third-order valence-corrected chi connectivity index (χ3v) is 4.94. The van der Waals surface area contributed by atoms with E-state index in [9.17, 15) is 0 Å². The molecule has 0 amide bonds. The predicted molar refractivity (Wildman–Crippen MR) is 80.5 cm³/mol. The molecule has 0 bridgehead atoms. The Labute approximate surface area is 119 Å². The lowest BCUT2D eigenvalue weighted by atomic mass is 9.81. The Bertz CT molecular complexity index is 245. The Kier molecular flexibility index (Phi) is 6.11. The van der Waals surface area contributed by atoms with Crippen molar-refractivity contribution in [2.75, 3.05) is 39.9 Å². The first kappa shape index (κ1) is 15.3. The van der Waals surface area contributed by atoms with Gasteiger partial charge in [0.05, 0.1) is 6.61 Å². The van der Waals surface area contributed by atoms with Gasteiger partial charge in [-0.2, -0.15) is 0 Å². The summed E-state index contributed by atoms with van der Waals surface area (Å²) in [5.41, 5.74) is 0.348. The topological polar surface area (TPSA) is 24.5 Å². The van der Waals surface area contributed by atoms with E-state index in [0.29, 0.717) is 5.41 Å². The molecule has 1 heterocycles. The van der Waals surface area contributed by atoms with Crippen molar-refractivity contribution in [1.82, 2.24) is 10.2 Å². The van der Waals surface area contributed by atoms with Gasteiger partial charge in [-0.15, -0.1) is 0 Å². The maximum Gasteiger partial charge on any atom is 0.0546 e. The third kappa shape index (κ3) is 4.44. The minimum absolute atomic E-state index is 0.348. The zero-order valence-corrected chi connectivity index (χ0v) is 12.9. The molecule has 2 aliphatic rings. The molecule has 19 heavy (non-hydrogen) atoms. The maximum absolute atomic E-state index is 5.80. The first-order chi connectivity index (χ1) is 9.26. The van der Waals surface area contributed by atoms with Crippen LogP contribution in [0.15, 0.2) is 0 Å². The Morgan fingerprint density at radius 1 is 1.21 bits per heavy atom. The van der Waals surface area contributed by atoms with E-state index in [1.54, 1.807) is 0 Å². The van der Waals surface area contributed by atoms with Crippen LogP contribution >= 0.6 is 0 Å². The molecular weight excluding hydrogens is 236 g/mol. The van der Waals surface area contributed by atoms with Gasteiger partial charge in [0.1, 0.15) is 0 Å². The molecule has 0 aromatic heterocycles. The average Bonchev–Trinajstić information content (AvgIpc) is 2.47. The van der Waals surface area contributed by atoms with Crippen LogP contribution in [-0.2, 0) is 4.74 Å². The van der Waals surface area contributed by atoms with Crippen molar-refractivity contribution >= 4 is 0 Å². The van der Waals surface area contributed by atoms with E-state index in [0.717, 1.165) is 32.3 Å². The van der Waals surface area contributed by atoms with Crippen LogP contribution in [0.1, 0.15) is 51.9 Å². The highest BCUT2D eigenvalue weighted by molar-refractivity contribution is 4.88. The molecule has 3 nitrogen and oxygen atoms in total. The van der Waals surface area contributed by atoms with E-state index in [4.69, 9.17) is 4.74 Å². The van der Waals surface area contributed by atoms with Gasteiger partial charge in [0.25, 0.3) is 0 Å². The molecule has 1 unspecified atom stereocenters. The lowest BCUT2D eigenvalue weighted by Gasteiger charge is -2.43. The van der Waals surface area contributed by atoms with E-state index in [1.165, 1.54) is 51.5 Å². The lowest BCUT2D eigenvalue weighted by Crippen LogP contribution is -2.50. The van der Waals surface area contributed by atoms with E-state index < -0.39 is 0 Å². The fraction of sp³-hybridized carbons (Fsp3) is 1.00. The average molecular weight is 268 g/mol. The second-order valence-electron chi connectivity index (χ2n) is 6.64. The largest absolute Gasteiger partial charge is 0.381 e. The maximum atomic E-state index is 5.80. The van der Waals surface area contributed by atoms with Gasteiger partial charge in [-0.3, -0.25) is 0 Å². The molecule has 2 rings (SSSR count). The molecule has 2 fully saturated rings. The second kappa shape index (κ2) is 7.61. The van der Waals surface area contributed by atoms with Crippen molar-refractivity contribution in [3.8, 4) is 0 Å². The second-order valence-corrected chi connectivity index (χ2v) is 6.64. The minimum atomic E-state index is 0.348. The monoisotopic (exact) mass is 268 g/mol. The van der Waals surface area contributed by atoms with E-state index in [2.05, 4.69) is 24.2 Å². The molecule has 0 spiro atoms. The molecule has 0 aromatic carbocycles. The van der Waals surface area contributed by atoms with Gasteiger partial charge in [0, 0.05) is 31.2 Å². The minimum Gasteiger partial charge on any atom is -0.381 e. The summed E-state index contributed by atoms with van der Waals surface area (Å²) >= 11 is 0. The Hall–Kier alpha value is -0.120. The Morgan fingerprint density at radius 3 is 2.63 bits per heavy atom. The summed E-state index contributed by atoms with van der Waals surface area (Å²) < 4.78 is 5.80. The van der Waals surface area contributed by atoms with Gasteiger partial charge in [-0.1, -0.05) is 26.2 Å². The number of rotatable bonds is 6. The normalized spacial score (nSPS) is 29.8. The van der Waals surface area contributed by atoms with Crippen molar-refractivity contribution in [1.29, 1.82) is 0 Å². The summed E-state index contributed by atoms with van der Waals surface area (Å²) in [5, 5.41) is 3.56. The van der Waals surface area contributed by atoms with Crippen molar-refractivity contribution in [2.24, 2.45) is 5.41 Å². The standard InChI is InChI=1S/C16H32N2O/c1-3-17-12-16(10-7-11-19-14-16)13-18(2)15-8-5-4-6-9-15/h15,17H,3-14H2,1-2H3. The van der Waals surface area contributed by atoms with Crippen LogP contribution in [0.4, 0.5) is 0 Å². The van der Waals surface area contributed by atoms with Gasteiger partial charge in [0.15, 0.2) is 0 Å². The molecule has 0 radical (unpaired) electrons. The van der Waals surface area contributed by atoms with Gasteiger partial charge in [0.2, 0.25) is 0 Å². The molecule has 1 aliphatic heterocycles. The zero-order valence-electron chi connectivity index (χ0n) is 12.9. The fourth-order valence-electron chi connectivity index (χ4n) is 3.80. The predicted octanol–water partition coefficient (Wildman–Crippen LogP) is 2.66. The molecule has 1 saturated heterocycles. The summed E-state index contributed by atoms with van der Waals surface area (Å²) in [4.78, 5) is 2.63. The SMILES string of the molecule is CCNCC1(CN(C)C2CCCCC2)CCCOC1. The molecule has 1 atom stereocenters. The molecule has 1 aliphatic carbocycles. The number of hydrogen-bond donors (Lipinski definition) is 1. The van der Waals surface area contributed by atoms with Gasteiger partial charge in [-0.25, -0.2) is 0 Å². The van der Waals surface area contributed by atoms with Crippen LogP contribution in [0, 0.1) is 5.41 Å². The van der Waals surface area contributed by atoms with E-state index in [-0.39, 0.29) is 0 Å². The Balaban J connectivity index is 1.90. The lowest BCUT2D eigenvalue weighted by molar-refractivity contribution is -0.0302. The smallest absolute Gasteiger partial charge is 0.0546 e. The van der Waals surface area contributed by atoms with Gasteiger partial charge >= 0.3 is 0 Å². The van der Waals surface area contributed by atoms with Crippen LogP contribution in [0.5, 0.6) is 0 Å². The van der Waals surface area contributed by atoms with Crippen LogP contribution in [0.2, 0.25) is 0 Å². The van der Waals surface area contributed by atoms with E-state index >= 15 is 0 Å². The summed E-state index contributed by atoms with van der Waals surface area (Å²) in [6.45, 7) is 7.47. The third-order valence-electron chi connectivity index (χ3n) is 4.94. The van der Waals surface area contributed by atoms with Crippen LogP contribution in [-0.4, -0.2) is 50.8 Å².